The fraction of sp³-hybridized carbons (Fsp3) is 0.235. The lowest BCUT2D eigenvalue weighted by Gasteiger charge is -2.15. The number of aryl methyl sites for hydroxylation is 2. The summed E-state index contributed by atoms with van der Waals surface area (Å²) in [6.07, 6.45) is 0. The minimum absolute atomic E-state index is 0.0766. The average Bonchev–Trinajstić information content (AvgIpc) is 3.15. The predicted molar refractivity (Wildman–Crippen MR) is 83.7 cm³/mol. The molecule has 23 heavy (non-hydrogen) atoms. The summed E-state index contributed by atoms with van der Waals surface area (Å²) in [5.41, 5.74) is 1.38. The maximum atomic E-state index is 12.4. The molecule has 0 saturated carbocycles. The number of carbonyl (C=O) groups excluding carboxylic acids is 1. The molecule has 0 spiro atoms. The Morgan fingerprint density at radius 3 is 2.43 bits per heavy atom. The topological polar surface area (TPSA) is 72.4 Å². The third-order valence-corrected chi connectivity index (χ3v) is 3.44. The molecule has 0 aliphatic heterocycles. The second kappa shape index (κ2) is 6.08. The summed E-state index contributed by atoms with van der Waals surface area (Å²) in [6.45, 7) is 4.07. The van der Waals surface area contributed by atoms with Gasteiger partial charge in [-0.25, -0.2) is 0 Å². The Balaban J connectivity index is 1.72. The van der Waals surface area contributed by atoms with Crippen LogP contribution < -0.4 is 0 Å². The highest BCUT2D eigenvalue weighted by Gasteiger charge is 2.14. The van der Waals surface area contributed by atoms with Crippen LogP contribution in [0.4, 0.5) is 0 Å². The van der Waals surface area contributed by atoms with Gasteiger partial charge in [0.25, 0.3) is 11.8 Å². The Kier molecular flexibility index (Phi) is 3.97. The van der Waals surface area contributed by atoms with Gasteiger partial charge in [-0.2, -0.15) is 4.98 Å². The number of hydrogen-bond acceptors (Lipinski definition) is 5. The molecule has 0 radical (unpaired) electrons. The van der Waals surface area contributed by atoms with Crippen molar-refractivity contribution in [3.8, 4) is 11.5 Å². The first-order chi connectivity index (χ1) is 11.0. The smallest absolute Gasteiger partial charge is 0.257 e. The quantitative estimate of drug-likeness (QED) is 0.739. The van der Waals surface area contributed by atoms with Crippen molar-refractivity contribution in [2.24, 2.45) is 0 Å². The number of benzene rings is 1. The zero-order chi connectivity index (χ0) is 16.4. The van der Waals surface area contributed by atoms with Crippen molar-refractivity contribution in [3.05, 3.63) is 59.3 Å². The normalized spacial score (nSPS) is 10.7. The van der Waals surface area contributed by atoms with Crippen LogP contribution in [0.3, 0.4) is 0 Å². The Hall–Kier alpha value is -2.89. The third-order valence-electron chi connectivity index (χ3n) is 3.44. The van der Waals surface area contributed by atoms with Gasteiger partial charge in [0.05, 0.1) is 6.54 Å². The molecule has 2 aromatic heterocycles. The van der Waals surface area contributed by atoms with Gasteiger partial charge < -0.3 is 13.8 Å². The van der Waals surface area contributed by atoms with Crippen molar-refractivity contribution in [3.63, 3.8) is 0 Å². The Labute approximate surface area is 133 Å². The zero-order valence-electron chi connectivity index (χ0n) is 13.2. The number of carbonyl (C=O) groups is 1. The van der Waals surface area contributed by atoms with Crippen LogP contribution in [-0.2, 0) is 6.54 Å². The molecule has 3 rings (SSSR count). The lowest BCUT2D eigenvalue weighted by molar-refractivity contribution is 0.0775. The lowest BCUT2D eigenvalue weighted by Crippen LogP contribution is -2.25. The van der Waals surface area contributed by atoms with E-state index in [0.717, 1.165) is 17.1 Å². The van der Waals surface area contributed by atoms with Gasteiger partial charge in [-0.3, -0.25) is 4.79 Å². The van der Waals surface area contributed by atoms with E-state index in [1.165, 1.54) is 0 Å². The molecule has 0 saturated heterocycles. The maximum Gasteiger partial charge on any atom is 0.257 e. The molecule has 0 aliphatic rings. The lowest BCUT2D eigenvalue weighted by atomic mass is 10.1. The van der Waals surface area contributed by atoms with Gasteiger partial charge >= 0.3 is 0 Å². The van der Waals surface area contributed by atoms with E-state index in [-0.39, 0.29) is 5.91 Å². The Morgan fingerprint density at radius 2 is 1.87 bits per heavy atom. The predicted octanol–water partition coefficient (Wildman–Crippen LogP) is 3.22. The standard InChI is InChI=1S/C17H17N3O3/c1-11-4-9-15(22-11)10-20(3)17(21)14-7-5-13(6-8-14)16-18-12(2)19-23-16/h4-9H,10H2,1-3H3. The van der Waals surface area contributed by atoms with Crippen LogP contribution in [0.15, 0.2) is 45.3 Å². The molecule has 6 heteroatoms. The molecule has 1 amide bonds. The van der Waals surface area contributed by atoms with Gasteiger partial charge in [0.15, 0.2) is 5.82 Å². The number of aromatic nitrogens is 2. The van der Waals surface area contributed by atoms with E-state index in [1.807, 2.05) is 19.1 Å². The highest BCUT2D eigenvalue weighted by Crippen LogP contribution is 2.18. The van der Waals surface area contributed by atoms with Crippen LogP contribution in [0.2, 0.25) is 0 Å². The number of hydrogen-bond donors (Lipinski definition) is 0. The van der Waals surface area contributed by atoms with E-state index in [9.17, 15) is 4.79 Å². The van der Waals surface area contributed by atoms with E-state index in [2.05, 4.69) is 10.1 Å². The summed E-state index contributed by atoms with van der Waals surface area (Å²) in [6, 6.07) is 10.9. The van der Waals surface area contributed by atoms with Crippen LogP contribution in [0.25, 0.3) is 11.5 Å². The first-order valence-electron chi connectivity index (χ1n) is 7.24. The SMILES string of the molecule is Cc1noc(-c2ccc(C(=O)N(C)Cc3ccc(C)o3)cc2)n1. The fourth-order valence-electron chi connectivity index (χ4n) is 2.27. The van der Waals surface area contributed by atoms with Crippen LogP contribution >= 0.6 is 0 Å². The summed E-state index contributed by atoms with van der Waals surface area (Å²) in [7, 11) is 1.75. The van der Waals surface area contributed by atoms with Crippen LogP contribution in [0.1, 0.15) is 27.7 Å². The molecule has 0 N–H and O–H groups in total. The van der Waals surface area contributed by atoms with Gasteiger partial charge in [0.2, 0.25) is 0 Å². The molecule has 0 bridgehead atoms. The molecule has 0 unspecified atom stereocenters. The minimum atomic E-state index is -0.0766. The highest BCUT2D eigenvalue weighted by atomic mass is 16.5. The number of furan rings is 1. The van der Waals surface area contributed by atoms with Crippen molar-refractivity contribution in [1.82, 2.24) is 15.0 Å². The fourth-order valence-corrected chi connectivity index (χ4v) is 2.27. The van der Waals surface area contributed by atoms with Crippen LogP contribution in [-0.4, -0.2) is 28.0 Å². The maximum absolute atomic E-state index is 12.4. The molecule has 2 heterocycles. The van der Waals surface area contributed by atoms with Gasteiger partial charge in [-0.05, 0) is 50.2 Å². The molecular weight excluding hydrogens is 294 g/mol. The van der Waals surface area contributed by atoms with Gasteiger partial charge in [-0.15, -0.1) is 0 Å². The first-order valence-corrected chi connectivity index (χ1v) is 7.24. The number of rotatable bonds is 4. The summed E-state index contributed by atoms with van der Waals surface area (Å²) >= 11 is 0. The van der Waals surface area contributed by atoms with Gasteiger partial charge in [-0.1, -0.05) is 5.16 Å². The first kappa shape index (κ1) is 15.0. The average molecular weight is 311 g/mol. The van der Waals surface area contributed by atoms with Gasteiger partial charge in [0.1, 0.15) is 11.5 Å². The molecule has 6 nitrogen and oxygen atoms in total. The molecule has 1 aromatic carbocycles. The van der Waals surface area contributed by atoms with Crippen LogP contribution in [0.5, 0.6) is 0 Å². The second-order valence-corrected chi connectivity index (χ2v) is 5.40. The summed E-state index contributed by atoms with van der Waals surface area (Å²) < 4.78 is 10.6. The van der Waals surface area contributed by atoms with Gasteiger partial charge in [0, 0.05) is 18.2 Å². The van der Waals surface area contributed by atoms with E-state index >= 15 is 0 Å². The van der Waals surface area contributed by atoms with Crippen LogP contribution in [0, 0.1) is 13.8 Å². The minimum Gasteiger partial charge on any atom is -0.464 e. The van der Waals surface area contributed by atoms with Crippen molar-refractivity contribution in [1.29, 1.82) is 0 Å². The Morgan fingerprint density at radius 1 is 1.13 bits per heavy atom. The molecule has 0 fully saturated rings. The largest absolute Gasteiger partial charge is 0.464 e. The number of nitrogens with zero attached hydrogens (tertiary/aromatic N) is 3. The molecule has 118 valence electrons. The molecule has 0 atom stereocenters. The van der Waals surface area contributed by atoms with E-state index in [1.54, 1.807) is 43.1 Å². The van der Waals surface area contributed by atoms with E-state index in [4.69, 9.17) is 8.94 Å². The third kappa shape index (κ3) is 3.31. The van der Waals surface area contributed by atoms with E-state index < -0.39 is 0 Å². The summed E-state index contributed by atoms with van der Waals surface area (Å²) in [4.78, 5) is 18.2. The van der Waals surface area contributed by atoms with E-state index in [0.29, 0.717) is 23.8 Å². The summed E-state index contributed by atoms with van der Waals surface area (Å²) in [5, 5.41) is 3.76. The summed E-state index contributed by atoms with van der Waals surface area (Å²) in [5.74, 6) is 2.54. The van der Waals surface area contributed by atoms with Crippen molar-refractivity contribution >= 4 is 5.91 Å². The molecule has 0 aliphatic carbocycles. The monoisotopic (exact) mass is 311 g/mol. The Bertz CT molecular complexity index is 818. The van der Waals surface area contributed by atoms with Crippen molar-refractivity contribution < 1.29 is 13.7 Å². The van der Waals surface area contributed by atoms with Crippen molar-refractivity contribution in [2.45, 2.75) is 20.4 Å². The highest BCUT2D eigenvalue weighted by molar-refractivity contribution is 5.94. The number of amides is 1. The molecule has 3 aromatic rings. The molecular formula is C17H17N3O3. The zero-order valence-corrected chi connectivity index (χ0v) is 13.2. The second-order valence-electron chi connectivity index (χ2n) is 5.40. The van der Waals surface area contributed by atoms with Crippen molar-refractivity contribution in [2.75, 3.05) is 7.05 Å².